The van der Waals surface area contributed by atoms with Crippen molar-refractivity contribution in [3.63, 3.8) is 0 Å². The number of hydrogen-bond acceptors (Lipinski definition) is 6. The molecule has 0 aromatic carbocycles. The van der Waals surface area contributed by atoms with Crippen LogP contribution in [0.5, 0.6) is 0 Å². The maximum absolute atomic E-state index is 12.8. The zero-order chi connectivity index (χ0) is 52.2. The van der Waals surface area contributed by atoms with Crippen molar-refractivity contribution in [2.24, 2.45) is 0 Å². The normalized spacial score (nSPS) is 12.3. The van der Waals surface area contributed by atoms with E-state index in [1.165, 1.54) is 225 Å². The Balaban J connectivity index is 4.04. The lowest BCUT2D eigenvalue weighted by atomic mass is 10.0. The van der Waals surface area contributed by atoms with Gasteiger partial charge in [-0.1, -0.05) is 281 Å². The van der Waals surface area contributed by atoms with Gasteiger partial charge in [0.25, 0.3) is 0 Å². The van der Waals surface area contributed by atoms with Gasteiger partial charge in [0.15, 0.2) is 6.10 Å². The Labute approximate surface area is 448 Å². The molecule has 0 heterocycles. The quantitative estimate of drug-likeness (QED) is 0.0261. The summed E-state index contributed by atoms with van der Waals surface area (Å²) >= 11 is 0. The summed E-state index contributed by atoms with van der Waals surface area (Å²) in [6.45, 7) is 6.60. The van der Waals surface area contributed by atoms with Gasteiger partial charge in [0.2, 0.25) is 0 Å². The standard InChI is InChI=1S/C66H120O6/c1-4-7-10-13-16-18-20-22-24-26-28-29-30-31-32-33-34-35-36-37-39-40-42-44-46-48-50-53-56-59-65(68)71-62-63(61-70-64(67)58-55-52-15-12-9-6-3)72-66(69)60-57-54-51-49-47-45-43-41-38-27-25-23-21-19-17-14-11-8-5-2/h20,22-23,25-26,28,30-31,63H,4-19,21,24,27,29,32-62H2,1-3H3/b22-20-,25-23-,28-26-,31-30-. The number of allylic oxidation sites excluding steroid dienone is 8. The summed E-state index contributed by atoms with van der Waals surface area (Å²) in [5.41, 5.74) is 0. The molecule has 0 aromatic rings. The van der Waals surface area contributed by atoms with Crippen LogP contribution >= 0.6 is 0 Å². The number of hydrogen-bond donors (Lipinski definition) is 0. The molecule has 1 unspecified atom stereocenters. The molecule has 0 amide bonds. The van der Waals surface area contributed by atoms with Crippen molar-refractivity contribution in [2.45, 2.75) is 341 Å². The molecule has 420 valence electrons. The van der Waals surface area contributed by atoms with Gasteiger partial charge < -0.3 is 14.2 Å². The fraction of sp³-hybridized carbons (Fsp3) is 0.833. The lowest BCUT2D eigenvalue weighted by Crippen LogP contribution is -2.30. The predicted octanol–water partition coefficient (Wildman–Crippen LogP) is 21.4. The van der Waals surface area contributed by atoms with Crippen LogP contribution in [0.3, 0.4) is 0 Å². The van der Waals surface area contributed by atoms with Gasteiger partial charge in [-0.3, -0.25) is 14.4 Å². The van der Waals surface area contributed by atoms with Gasteiger partial charge in [0.05, 0.1) is 0 Å². The summed E-state index contributed by atoms with van der Waals surface area (Å²) in [5.74, 6) is -0.867. The molecule has 0 saturated heterocycles. The number of carbonyl (C=O) groups is 3. The fourth-order valence-corrected chi connectivity index (χ4v) is 9.27. The van der Waals surface area contributed by atoms with Gasteiger partial charge in [-0.2, -0.15) is 0 Å². The maximum atomic E-state index is 12.8. The van der Waals surface area contributed by atoms with E-state index in [-0.39, 0.29) is 31.1 Å². The molecule has 0 aliphatic carbocycles. The first-order valence-electron chi connectivity index (χ1n) is 31.6. The summed E-state index contributed by atoms with van der Waals surface area (Å²) in [5, 5.41) is 0. The van der Waals surface area contributed by atoms with E-state index in [1.54, 1.807) is 0 Å². The number of esters is 3. The van der Waals surface area contributed by atoms with Crippen LogP contribution in [0.4, 0.5) is 0 Å². The van der Waals surface area contributed by atoms with Crippen LogP contribution in [0.25, 0.3) is 0 Å². The fourth-order valence-electron chi connectivity index (χ4n) is 9.27. The van der Waals surface area contributed by atoms with Crippen molar-refractivity contribution < 1.29 is 28.6 Å². The minimum Gasteiger partial charge on any atom is -0.462 e. The first-order valence-corrected chi connectivity index (χ1v) is 31.6. The Morgan fingerprint density at radius 3 is 0.792 bits per heavy atom. The molecule has 1 atom stereocenters. The van der Waals surface area contributed by atoms with Crippen LogP contribution in [-0.2, 0) is 28.6 Å². The van der Waals surface area contributed by atoms with Gasteiger partial charge in [-0.25, -0.2) is 0 Å². The van der Waals surface area contributed by atoms with E-state index in [4.69, 9.17) is 14.2 Å². The van der Waals surface area contributed by atoms with Crippen LogP contribution in [0.15, 0.2) is 48.6 Å². The second kappa shape index (κ2) is 60.9. The zero-order valence-corrected chi connectivity index (χ0v) is 48.2. The summed E-state index contributed by atoms with van der Waals surface area (Å²) in [7, 11) is 0. The van der Waals surface area contributed by atoms with Gasteiger partial charge in [-0.05, 0) is 83.5 Å². The Bertz CT molecular complexity index is 1250. The van der Waals surface area contributed by atoms with Gasteiger partial charge in [-0.15, -0.1) is 0 Å². The smallest absolute Gasteiger partial charge is 0.306 e. The van der Waals surface area contributed by atoms with Crippen molar-refractivity contribution in [1.82, 2.24) is 0 Å². The van der Waals surface area contributed by atoms with Gasteiger partial charge in [0, 0.05) is 19.3 Å². The molecule has 0 bridgehead atoms. The maximum Gasteiger partial charge on any atom is 0.306 e. The Kier molecular flexibility index (Phi) is 58.7. The van der Waals surface area contributed by atoms with Gasteiger partial charge >= 0.3 is 17.9 Å². The highest BCUT2D eigenvalue weighted by molar-refractivity contribution is 5.71. The largest absolute Gasteiger partial charge is 0.462 e. The third-order valence-corrected chi connectivity index (χ3v) is 14.1. The molecule has 72 heavy (non-hydrogen) atoms. The van der Waals surface area contributed by atoms with Crippen LogP contribution < -0.4 is 0 Å². The Hall–Kier alpha value is -2.63. The van der Waals surface area contributed by atoms with E-state index in [2.05, 4.69) is 69.4 Å². The molecule has 0 aliphatic rings. The van der Waals surface area contributed by atoms with Crippen molar-refractivity contribution >= 4 is 17.9 Å². The van der Waals surface area contributed by atoms with Crippen LogP contribution in [0, 0.1) is 0 Å². The molecule has 0 saturated carbocycles. The molecule has 0 radical (unpaired) electrons. The van der Waals surface area contributed by atoms with E-state index in [9.17, 15) is 14.4 Å². The second-order valence-electron chi connectivity index (χ2n) is 21.3. The predicted molar refractivity (Wildman–Crippen MR) is 312 cm³/mol. The highest BCUT2D eigenvalue weighted by Gasteiger charge is 2.19. The van der Waals surface area contributed by atoms with E-state index >= 15 is 0 Å². The highest BCUT2D eigenvalue weighted by Crippen LogP contribution is 2.17. The molecule has 0 N–H and O–H groups in total. The monoisotopic (exact) mass is 1010 g/mol. The van der Waals surface area contributed by atoms with Gasteiger partial charge in [0.1, 0.15) is 13.2 Å². The summed E-state index contributed by atoms with van der Waals surface area (Å²) in [6.07, 6.45) is 75.8. The van der Waals surface area contributed by atoms with Crippen molar-refractivity contribution in [3.8, 4) is 0 Å². The number of unbranched alkanes of at least 4 members (excludes halogenated alkanes) is 39. The molecular formula is C66H120O6. The van der Waals surface area contributed by atoms with E-state index in [1.807, 2.05) is 0 Å². The number of carbonyl (C=O) groups excluding carboxylic acids is 3. The van der Waals surface area contributed by atoms with Crippen LogP contribution in [0.1, 0.15) is 335 Å². The summed E-state index contributed by atoms with van der Waals surface area (Å²) < 4.78 is 16.8. The molecule has 6 nitrogen and oxygen atoms in total. The zero-order valence-electron chi connectivity index (χ0n) is 48.2. The van der Waals surface area contributed by atoms with E-state index in [0.717, 1.165) is 70.6 Å². The SMILES string of the molecule is CCCCCCC/C=C\C/C=C\C/C=C\CCCCCCCCCCCCCCCCC(=O)OCC(COC(=O)CCCCCCCC)OC(=O)CCCCCCCCCCC/C=C\CCCCCCCC. The summed E-state index contributed by atoms with van der Waals surface area (Å²) in [6, 6.07) is 0. The first-order chi connectivity index (χ1) is 35.5. The third kappa shape index (κ3) is 58.3. The minimum absolute atomic E-state index is 0.0712. The highest BCUT2D eigenvalue weighted by atomic mass is 16.6. The lowest BCUT2D eigenvalue weighted by Gasteiger charge is -2.18. The molecule has 6 heteroatoms. The average molecular weight is 1010 g/mol. The van der Waals surface area contributed by atoms with E-state index in [0.29, 0.717) is 19.3 Å². The van der Waals surface area contributed by atoms with Crippen LogP contribution in [-0.4, -0.2) is 37.2 Å². The molecule has 0 rings (SSSR count). The second-order valence-corrected chi connectivity index (χ2v) is 21.3. The lowest BCUT2D eigenvalue weighted by molar-refractivity contribution is -0.167. The topological polar surface area (TPSA) is 78.9 Å². The Morgan fingerprint density at radius 1 is 0.278 bits per heavy atom. The molecule has 0 fully saturated rings. The van der Waals surface area contributed by atoms with Crippen molar-refractivity contribution in [1.29, 1.82) is 0 Å². The molecule has 0 spiro atoms. The Morgan fingerprint density at radius 2 is 0.500 bits per heavy atom. The first kappa shape index (κ1) is 69.4. The number of rotatable bonds is 58. The van der Waals surface area contributed by atoms with Crippen molar-refractivity contribution in [3.05, 3.63) is 48.6 Å². The van der Waals surface area contributed by atoms with Crippen LogP contribution in [0.2, 0.25) is 0 Å². The van der Waals surface area contributed by atoms with Crippen molar-refractivity contribution in [2.75, 3.05) is 13.2 Å². The number of ether oxygens (including phenoxy) is 3. The molecule has 0 aliphatic heterocycles. The average Bonchev–Trinajstić information content (AvgIpc) is 3.38. The van der Waals surface area contributed by atoms with E-state index < -0.39 is 6.10 Å². The third-order valence-electron chi connectivity index (χ3n) is 14.1. The summed E-state index contributed by atoms with van der Waals surface area (Å²) in [4.78, 5) is 38.0. The minimum atomic E-state index is -0.770. The molecular weight excluding hydrogens is 889 g/mol. The molecule has 0 aromatic heterocycles.